The van der Waals surface area contributed by atoms with Crippen LogP contribution in [0.15, 0.2) is 179 Å². The predicted octanol–water partition coefficient (Wildman–Crippen LogP) is 12.3. The minimum absolute atomic E-state index is 0. The van der Waals surface area contributed by atoms with E-state index in [2.05, 4.69) is 69.0 Å². The Hall–Kier alpha value is -12.5. The van der Waals surface area contributed by atoms with Crippen molar-refractivity contribution in [1.29, 1.82) is 0 Å². The van der Waals surface area contributed by atoms with Crippen LogP contribution >= 0.6 is 12.4 Å². The summed E-state index contributed by atoms with van der Waals surface area (Å²) >= 11 is 0. The molecule has 0 aliphatic carbocycles. The largest absolute Gasteiger partial charge is 0.586 e. The number of carbonyl (C=O) groups is 3. The van der Waals surface area contributed by atoms with Gasteiger partial charge in [0.1, 0.15) is 0 Å². The first-order valence-corrected chi connectivity index (χ1v) is 41.5. The molecule has 2 amide bonds. The Morgan fingerprint density at radius 2 is 0.720 bits per heavy atom. The zero-order valence-corrected chi connectivity index (χ0v) is 67.9. The van der Waals surface area contributed by atoms with Crippen LogP contribution in [0.25, 0.3) is 33.1 Å². The maximum atomic E-state index is 13.9. The Bertz CT molecular complexity index is 6130. The summed E-state index contributed by atoms with van der Waals surface area (Å²) in [5.74, 6) is -6.17. The summed E-state index contributed by atoms with van der Waals surface area (Å²) in [4.78, 5) is 60.9. The highest BCUT2D eigenvalue weighted by Crippen LogP contribution is 2.47. The first-order chi connectivity index (χ1) is 58.6. The number of nitrogens with one attached hydrogen (secondary N) is 2. The molecule has 3 atom stereocenters. The molecule has 0 fully saturated rings. The molecule has 0 saturated heterocycles. The number of rotatable bonds is 26. The molecule has 47 heteroatoms. The van der Waals surface area contributed by atoms with Crippen LogP contribution in [0.2, 0.25) is 0 Å². The number of para-hydroxylation sites is 3. The second-order valence-corrected chi connectivity index (χ2v) is 33.7. The van der Waals surface area contributed by atoms with Crippen molar-refractivity contribution in [1.82, 2.24) is 54.2 Å². The molecule has 6 aromatic carbocycles. The fourth-order valence-electron chi connectivity index (χ4n) is 12.7. The van der Waals surface area contributed by atoms with Gasteiger partial charge in [0.05, 0.1) is 145 Å². The van der Waals surface area contributed by atoms with E-state index in [1.165, 1.54) is 166 Å². The lowest BCUT2D eigenvalue weighted by molar-refractivity contribution is -0.287. The number of carbonyl (C=O) groups excluding carboxylic acids is 2. The summed E-state index contributed by atoms with van der Waals surface area (Å²) in [5.41, 5.74) is 7.62. The van der Waals surface area contributed by atoms with Gasteiger partial charge in [0.2, 0.25) is 0 Å². The number of amides is 2. The Morgan fingerprint density at radius 3 is 0.984 bits per heavy atom. The van der Waals surface area contributed by atoms with Gasteiger partial charge < -0.3 is 78.9 Å². The van der Waals surface area contributed by atoms with Gasteiger partial charge in [-0.25, -0.2) is 71.3 Å². The molecule has 6 aromatic heterocycles. The summed E-state index contributed by atoms with van der Waals surface area (Å²) in [6, 6.07) is 30.0. The molecule has 9 heterocycles. The van der Waals surface area contributed by atoms with Crippen molar-refractivity contribution in [3.63, 3.8) is 0 Å². The quantitative estimate of drug-likeness (QED) is 0.0248. The van der Waals surface area contributed by atoms with Gasteiger partial charge >= 0.3 is 24.9 Å². The maximum Gasteiger partial charge on any atom is 0.586 e. The highest BCUT2D eigenvalue weighted by atomic mass is 35.5. The fourth-order valence-corrected chi connectivity index (χ4v) is 15.1. The van der Waals surface area contributed by atoms with Crippen LogP contribution in [-0.4, -0.2) is 163 Å². The number of aromatic nitrogens is 9. The Labute approximate surface area is 705 Å². The van der Waals surface area contributed by atoms with Gasteiger partial charge in [-0.3, -0.25) is 24.5 Å². The number of benzene rings is 6. The van der Waals surface area contributed by atoms with E-state index in [1.54, 1.807) is 6.92 Å². The Morgan fingerprint density at radius 1 is 0.424 bits per heavy atom. The second-order valence-electron chi connectivity index (χ2n) is 26.9. The van der Waals surface area contributed by atoms with Crippen LogP contribution in [0.4, 0.5) is 52.7 Å². The van der Waals surface area contributed by atoms with Crippen molar-refractivity contribution in [3.8, 4) is 34.5 Å². The summed E-state index contributed by atoms with van der Waals surface area (Å²) in [6.45, 7) is 2.37. The van der Waals surface area contributed by atoms with Crippen molar-refractivity contribution in [3.05, 3.63) is 232 Å². The van der Waals surface area contributed by atoms with E-state index in [-0.39, 0.29) is 183 Å². The van der Waals surface area contributed by atoms with Crippen LogP contribution in [0.3, 0.4) is 0 Å². The van der Waals surface area contributed by atoms with Gasteiger partial charge in [0.15, 0.2) is 81.5 Å². The number of hydrogen-bond donors (Lipinski definition) is 7. The molecular formula is C78H69ClF12N12O19S3. The van der Waals surface area contributed by atoms with E-state index in [0.717, 1.165) is 26.1 Å². The molecule has 15 rings (SSSR count). The number of aliphatic hydroxyl groups excluding tert-OH is 3. The van der Waals surface area contributed by atoms with E-state index in [9.17, 15) is 103 Å². The normalized spacial score (nSPS) is 14.6. The molecule has 125 heavy (non-hydrogen) atoms. The lowest BCUT2D eigenvalue weighted by Gasteiger charge is -2.16. The standard InChI is InChI=1S/2C26H22F4N4O6S.C17H10F4N2O4.C9H14N2O3S.ClH/c2*1-2-41(37,38)16-7-8-17(31-11-16)19(13-35)33-25(36)14-6-9-20-18(10-14)32-24(23(27)28)34(20)12-15-4-3-5-21-22(15)40-26(29,30)39-21;18-14(19)15-22-10-6-8(16(24)25)4-5-11(10)23(15)7-9-2-1-3-12-13(9)27-17(20,21)26-12;1-2-15(13,14)7-3-4-9(11-5-7)8(10)6-12;/h2*3-11,19,23,35H,2,12-13H2,1H3,(H,33,36);1-6,14H,7H2,(H,24,25);3-5,8,12H,2,6,10H2,1H3;1H/t2*19-;;8-;/m10.0./s1. The number of ether oxygens (including phenoxy) is 6. The number of nitrogens with two attached hydrogens (primary N) is 1. The zero-order chi connectivity index (χ0) is 89.9. The molecule has 0 spiro atoms. The van der Waals surface area contributed by atoms with Crippen molar-refractivity contribution in [2.75, 3.05) is 37.1 Å². The van der Waals surface area contributed by atoms with E-state index in [1.807, 2.05) is 0 Å². The molecule has 664 valence electrons. The second kappa shape index (κ2) is 37.5. The number of imidazole rings is 3. The number of sulfone groups is 3. The van der Waals surface area contributed by atoms with Crippen molar-refractivity contribution >= 4 is 92.8 Å². The summed E-state index contributed by atoms with van der Waals surface area (Å²) < 4.78 is 265. The predicted molar refractivity (Wildman–Crippen MR) is 418 cm³/mol. The van der Waals surface area contributed by atoms with Crippen LogP contribution in [-0.2, 0) is 49.1 Å². The molecule has 0 unspecified atom stereocenters. The Kier molecular flexibility index (Phi) is 28.0. The van der Waals surface area contributed by atoms with E-state index in [0.29, 0.717) is 5.69 Å². The first-order valence-electron chi connectivity index (χ1n) is 36.6. The highest BCUT2D eigenvalue weighted by molar-refractivity contribution is 7.92. The topological polar surface area (TPSA) is 432 Å². The first kappa shape index (κ1) is 93.2. The molecule has 8 N–H and O–H groups in total. The van der Waals surface area contributed by atoms with Crippen LogP contribution < -0.4 is 44.8 Å². The van der Waals surface area contributed by atoms with Gasteiger partial charge in [-0.15, -0.1) is 38.7 Å². The van der Waals surface area contributed by atoms with Gasteiger partial charge in [-0.1, -0.05) is 57.2 Å². The number of fused-ring (bicyclic) bond motifs is 6. The molecule has 31 nitrogen and oxygen atoms in total. The zero-order valence-electron chi connectivity index (χ0n) is 64.6. The minimum atomic E-state index is -3.89. The number of aliphatic hydroxyl groups is 3. The SMILES string of the molecule is CCS(=O)(=O)c1ccc([C@@H](CO)NC(=O)c2ccc3c(c2)nc(C(F)F)n3Cc2cccc3c2OC(F)(F)O3)nc1.CCS(=O)(=O)c1ccc([C@@H](N)CO)nc1.CCS(=O)(=O)c1ccc([C@H](CO)NC(=O)c2ccc3c(c2)nc(C(F)F)n3Cc2cccc3c2OC(F)(F)O3)nc1.Cl.O=C(O)c1ccc2c(c1)nc(C(F)F)n2Cc1cccc2c1OC(F)(F)O2. The van der Waals surface area contributed by atoms with Gasteiger partial charge in [-0.2, -0.15) is 0 Å². The average molecular weight is 1840 g/mol. The van der Waals surface area contributed by atoms with E-state index >= 15 is 0 Å². The molecule has 3 aliphatic heterocycles. The lowest BCUT2D eigenvalue weighted by Crippen LogP contribution is -2.31. The maximum absolute atomic E-state index is 13.9. The Balaban J connectivity index is 0.000000170. The smallest absolute Gasteiger partial charge is 0.478 e. The fraction of sp³-hybridized carbons (Fsp3) is 0.269. The van der Waals surface area contributed by atoms with Crippen LogP contribution in [0.5, 0.6) is 34.5 Å². The minimum Gasteiger partial charge on any atom is -0.478 e. The summed E-state index contributed by atoms with van der Waals surface area (Å²) in [6.07, 6.45) is -17.1. The number of aromatic carboxylic acids is 1. The summed E-state index contributed by atoms with van der Waals surface area (Å²) in [5, 5.41) is 42.6. The molecule has 0 radical (unpaired) electrons. The van der Waals surface area contributed by atoms with Crippen LogP contribution in [0, 0.1) is 0 Å². The van der Waals surface area contributed by atoms with Gasteiger partial charge in [0, 0.05) is 46.4 Å². The van der Waals surface area contributed by atoms with Crippen molar-refractivity contribution in [2.24, 2.45) is 5.73 Å². The van der Waals surface area contributed by atoms with Gasteiger partial charge in [-0.05, 0) is 109 Å². The van der Waals surface area contributed by atoms with Crippen molar-refractivity contribution in [2.45, 2.75) is 111 Å². The molecule has 0 saturated carbocycles. The van der Waals surface area contributed by atoms with E-state index < -0.39 is 134 Å². The number of alkyl halides is 12. The molecule has 12 aromatic rings. The molecule has 0 bridgehead atoms. The van der Waals surface area contributed by atoms with Crippen molar-refractivity contribution < 1.29 is 141 Å². The summed E-state index contributed by atoms with van der Waals surface area (Å²) in [7, 11) is -10.2. The molecular weight excluding hydrogens is 1770 g/mol. The third-order valence-electron chi connectivity index (χ3n) is 19.0. The number of nitrogens with zero attached hydrogens (tertiary/aromatic N) is 9. The van der Waals surface area contributed by atoms with E-state index in [4.69, 9.17) is 15.9 Å². The molecule has 3 aliphatic rings. The number of carboxylic acid groups (broad SMARTS) is 1. The van der Waals surface area contributed by atoms with Crippen LogP contribution in [0.1, 0.15) is 140 Å². The third-order valence-corrected chi connectivity index (χ3v) is 24.1. The lowest BCUT2D eigenvalue weighted by atomic mass is 10.1. The number of pyridine rings is 3. The average Bonchev–Trinajstić information content (AvgIpc) is 1.63. The van der Waals surface area contributed by atoms with Gasteiger partial charge in [0.25, 0.3) is 31.1 Å². The third kappa shape index (κ3) is 20.8. The number of halogens is 13. The number of carboxylic acids is 1. The highest BCUT2D eigenvalue weighted by Gasteiger charge is 2.47. The monoisotopic (exact) mass is 1840 g/mol. The number of hydrogen-bond acceptors (Lipinski definition) is 25.